The lowest BCUT2D eigenvalue weighted by Crippen LogP contribution is -2.17. The maximum atomic E-state index is 12.4. The average Bonchev–Trinajstić information content (AvgIpc) is 2.84. The largest absolute Gasteiger partial charge is 0.313 e. The lowest BCUT2D eigenvalue weighted by Gasteiger charge is -2.12. The van der Waals surface area contributed by atoms with Crippen molar-refractivity contribution in [2.45, 2.75) is 17.7 Å². The lowest BCUT2D eigenvalue weighted by atomic mass is 10.2. The number of hydrogen-bond donors (Lipinski definition) is 2. The van der Waals surface area contributed by atoms with Gasteiger partial charge in [-0.25, -0.2) is 8.42 Å². The molecule has 108 valence electrons. The standard InChI is InChI=1S/C13H15BrN2O2S2/c1-2-15-9-10-5-3-4-6-12(10)16-20(17,18)13-11(14)7-8-19-13/h3-8,15-16H,2,9H2,1H3. The highest BCUT2D eigenvalue weighted by Crippen LogP contribution is 2.30. The molecule has 1 heterocycles. The molecule has 0 saturated carbocycles. The van der Waals surface area contributed by atoms with E-state index in [4.69, 9.17) is 0 Å². The number of para-hydroxylation sites is 1. The van der Waals surface area contributed by atoms with Crippen LogP contribution < -0.4 is 10.0 Å². The zero-order chi connectivity index (χ0) is 14.6. The van der Waals surface area contributed by atoms with E-state index in [9.17, 15) is 8.42 Å². The van der Waals surface area contributed by atoms with Crippen molar-refractivity contribution in [3.8, 4) is 0 Å². The van der Waals surface area contributed by atoms with E-state index < -0.39 is 10.0 Å². The van der Waals surface area contributed by atoms with Gasteiger partial charge in [0.2, 0.25) is 0 Å². The maximum Gasteiger partial charge on any atom is 0.272 e. The van der Waals surface area contributed by atoms with Gasteiger partial charge in [-0.15, -0.1) is 11.3 Å². The smallest absolute Gasteiger partial charge is 0.272 e. The average molecular weight is 375 g/mol. The molecule has 0 radical (unpaired) electrons. The summed E-state index contributed by atoms with van der Waals surface area (Å²) in [6.07, 6.45) is 0. The zero-order valence-corrected chi connectivity index (χ0v) is 14.1. The Morgan fingerprint density at radius 1 is 1.25 bits per heavy atom. The summed E-state index contributed by atoms with van der Waals surface area (Å²) in [5.74, 6) is 0. The highest BCUT2D eigenvalue weighted by atomic mass is 79.9. The summed E-state index contributed by atoms with van der Waals surface area (Å²) in [4.78, 5) is 0. The molecule has 0 bridgehead atoms. The second-order valence-electron chi connectivity index (χ2n) is 4.10. The van der Waals surface area contributed by atoms with E-state index in [1.165, 1.54) is 11.3 Å². The first-order chi connectivity index (χ1) is 9.54. The van der Waals surface area contributed by atoms with E-state index in [0.717, 1.165) is 12.1 Å². The molecule has 0 fully saturated rings. The van der Waals surface area contributed by atoms with Crippen LogP contribution in [0, 0.1) is 0 Å². The number of rotatable bonds is 6. The molecule has 2 N–H and O–H groups in total. The number of nitrogens with one attached hydrogen (secondary N) is 2. The SMILES string of the molecule is CCNCc1ccccc1NS(=O)(=O)c1sccc1Br. The highest BCUT2D eigenvalue weighted by molar-refractivity contribution is 9.10. The summed E-state index contributed by atoms with van der Waals surface area (Å²) in [5.41, 5.74) is 1.53. The fourth-order valence-corrected chi connectivity index (χ4v) is 5.14. The third-order valence-corrected chi connectivity index (χ3v) is 6.69. The van der Waals surface area contributed by atoms with Gasteiger partial charge in [-0.3, -0.25) is 4.72 Å². The van der Waals surface area contributed by atoms with Crippen LogP contribution in [0.1, 0.15) is 12.5 Å². The van der Waals surface area contributed by atoms with Crippen molar-refractivity contribution < 1.29 is 8.42 Å². The molecule has 0 aliphatic rings. The molecular weight excluding hydrogens is 360 g/mol. The normalized spacial score (nSPS) is 11.5. The Hall–Kier alpha value is -0.890. The Balaban J connectivity index is 2.28. The zero-order valence-electron chi connectivity index (χ0n) is 10.9. The van der Waals surface area contributed by atoms with Gasteiger partial charge < -0.3 is 5.32 Å². The first-order valence-electron chi connectivity index (χ1n) is 6.09. The molecule has 0 atom stereocenters. The molecule has 4 nitrogen and oxygen atoms in total. The molecule has 7 heteroatoms. The van der Waals surface area contributed by atoms with Gasteiger partial charge >= 0.3 is 0 Å². The van der Waals surface area contributed by atoms with Gasteiger partial charge in [-0.2, -0.15) is 0 Å². The quantitative estimate of drug-likeness (QED) is 0.814. The molecule has 0 saturated heterocycles. The summed E-state index contributed by atoms with van der Waals surface area (Å²) >= 11 is 4.44. The number of hydrogen-bond acceptors (Lipinski definition) is 4. The van der Waals surface area contributed by atoms with E-state index in [1.54, 1.807) is 17.5 Å². The first kappa shape index (κ1) is 15.5. The van der Waals surface area contributed by atoms with E-state index in [-0.39, 0.29) is 4.21 Å². The Morgan fingerprint density at radius 2 is 2.00 bits per heavy atom. The van der Waals surface area contributed by atoms with Crippen LogP contribution in [0.2, 0.25) is 0 Å². The van der Waals surface area contributed by atoms with Crippen LogP contribution in [0.15, 0.2) is 44.4 Å². The van der Waals surface area contributed by atoms with Crippen LogP contribution in [0.25, 0.3) is 0 Å². The lowest BCUT2D eigenvalue weighted by molar-refractivity contribution is 0.602. The maximum absolute atomic E-state index is 12.4. The molecule has 0 unspecified atom stereocenters. The van der Waals surface area contributed by atoms with E-state index >= 15 is 0 Å². The fraction of sp³-hybridized carbons (Fsp3) is 0.231. The van der Waals surface area contributed by atoms with Crippen LogP contribution in [0.3, 0.4) is 0 Å². The van der Waals surface area contributed by atoms with Crippen LogP contribution in [-0.4, -0.2) is 15.0 Å². The molecule has 2 rings (SSSR count). The van der Waals surface area contributed by atoms with Gasteiger partial charge in [0.25, 0.3) is 10.0 Å². The predicted molar refractivity (Wildman–Crippen MR) is 86.7 cm³/mol. The second-order valence-corrected chi connectivity index (χ2v) is 7.75. The Bertz CT molecular complexity index is 683. The minimum atomic E-state index is -3.55. The highest BCUT2D eigenvalue weighted by Gasteiger charge is 2.20. The summed E-state index contributed by atoms with van der Waals surface area (Å²) in [6, 6.07) is 9.11. The third kappa shape index (κ3) is 3.60. The minimum absolute atomic E-state index is 0.288. The van der Waals surface area contributed by atoms with E-state index in [1.807, 2.05) is 25.1 Å². The summed E-state index contributed by atoms with van der Waals surface area (Å²) < 4.78 is 28.2. The van der Waals surface area contributed by atoms with Crippen LogP contribution >= 0.6 is 27.3 Å². The number of thiophene rings is 1. The second kappa shape index (κ2) is 6.71. The van der Waals surface area contributed by atoms with Gasteiger partial charge in [0, 0.05) is 11.0 Å². The Morgan fingerprint density at radius 3 is 2.65 bits per heavy atom. The number of anilines is 1. The molecular formula is C13H15BrN2O2S2. The third-order valence-electron chi connectivity index (χ3n) is 2.66. The molecule has 0 spiro atoms. The van der Waals surface area contributed by atoms with Crippen molar-refractivity contribution in [2.75, 3.05) is 11.3 Å². The van der Waals surface area contributed by atoms with E-state index in [0.29, 0.717) is 16.7 Å². The molecule has 0 aliphatic carbocycles. The van der Waals surface area contributed by atoms with E-state index in [2.05, 4.69) is 26.0 Å². The van der Waals surface area contributed by atoms with Crippen molar-refractivity contribution in [3.05, 3.63) is 45.7 Å². The molecule has 0 amide bonds. The van der Waals surface area contributed by atoms with Crippen LogP contribution in [0.5, 0.6) is 0 Å². The van der Waals surface area contributed by atoms with Crippen molar-refractivity contribution in [3.63, 3.8) is 0 Å². The Kier molecular flexibility index (Phi) is 5.20. The monoisotopic (exact) mass is 374 g/mol. The van der Waals surface area contributed by atoms with Crippen molar-refractivity contribution >= 4 is 43.0 Å². The van der Waals surface area contributed by atoms with Crippen molar-refractivity contribution in [2.24, 2.45) is 0 Å². The molecule has 1 aromatic heterocycles. The molecule has 20 heavy (non-hydrogen) atoms. The predicted octanol–water partition coefficient (Wildman–Crippen LogP) is 3.42. The number of sulfonamides is 1. The first-order valence-corrected chi connectivity index (χ1v) is 9.24. The molecule has 2 aromatic rings. The van der Waals surface area contributed by atoms with Gasteiger partial charge in [0.05, 0.1) is 5.69 Å². The Labute approximate surface area is 131 Å². The van der Waals surface area contributed by atoms with Crippen LogP contribution in [-0.2, 0) is 16.6 Å². The summed E-state index contributed by atoms with van der Waals surface area (Å²) in [7, 11) is -3.55. The fourth-order valence-electron chi connectivity index (χ4n) is 1.70. The molecule has 1 aromatic carbocycles. The van der Waals surface area contributed by atoms with Crippen LogP contribution in [0.4, 0.5) is 5.69 Å². The minimum Gasteiger partial charge on any atom is -0.313 e. The summed E-state index contributed by atoms with van der Waals surface area (Å²) in [5, 5.41) is 4.93. The van der Waals surface area contributed by atoms with Gasteiger partial charge in [-0.05, 0) is 45.6 Å². The van der Waals surface area contributed by atoms with Gasteiger partial charge in [0.1, 0.15) is 0 Å². The number of benzene rings is 1. The van der Waals surface area contributed by atoms with Crippen molar-refractivity contribution in [1.29, 1.82) is 0 Å². The number of halogens is 1. The van der Waals surface area contributed by atoms with Gasteiger partial charge in [-0.1, -0.05) is 25.1 Å². The van der Waals surface area contributed by atoms with Crippen molar-refractivity contribution in [1.82, 2.24) is 5.32 Å². The topological polar surface area (TPSA) is 58.2 Å². The van der Waals surface area contributed by atoms with Gasteiger partial charge in [0.15, 0.2) is 4.21 Å². The molecule has 0 aliphatic heterocycles. The summed E-state index contributed by atoms with van der Waals surface area (Å²) in [6.45, 7) is 3.47.